The predicted octanol–water partition coefficient (Wildman–Crippen LogP) is 2.69. The van der Waals surface area contributed by atoms with Crippen molar-refractivity contribution in [1.29, 1.82) is 0 Å². The SMILES string of the molecule is Cc1n[nH]c(=S)n1CCNC(=O)/C=C\c1nc2ccccc2s1. The van der Waals surface area contributed by atoms with E-state index in [9.17, 15) is 4.79 Å². The number of hydrogen-bond donors (Lipinski definition) is 2. The van der Waals surface area contributed by atoms with E-state index in [2.05, 4.69) is 20.5 Å². The number of H-pyrrole nitrogens is 1. The third-order valence-electron chi connectivity index (χ3n) is 3.27. The third-order valence-corrected chi connectivity index (χ3v) is 4.58. The first-order chi connectivity index (χ1) is 11.1. The van der Waals surface area contributed by atoms with Crippen LogP contribution >= 0.6 is 23.6 Å². The molecule has 0 aliphatic heterocycles. The Morgan fingerprint density at radius 2 is 2.30 bits per heavy atom. The van der Waals surface area contributed by atoms with Crippen molar-refractivity contribution >= 4 is 45.8 Å². The van der Waals surface area contributed by atoms with Gasteiger partial charge in [0.25, 0.3) is 0 Å². The summed E-state index contributed by atoms with van der Waals surface area (Å²) in [6.07, 6.45) is 3.23. The molecule has 8 heteroatoms. The Kier molecular flexibility index (Phi) is 4.63. The van der Waals surface area contributed by atoms with Crippen LogP contribution in [0, 0.1) is 11.7 Å². The number of amides is 1. The molecule has 0 spiro atoms. The number of para-hydroxylation sites is 1. The summed E-state index contributed by atoms with van der Waals surface area (Å²) in [4.78, 5) is 16.3. The first-order valence-corrected chi connectivity index (χ1v) is 8.29. The molecule has 3 rings (SSSR count). The molecule has 0 radical (unpaired) electrons. The van der Waals surface area contributed by atoms with E-state index in [4.69, 9.17) is 12.2 Å². The molecular weight excluding hydrogens is 330 g/mol. The molecule has 0 bridgehead atoms. The van der Waals surface area contributed by atoms with Crippen LogP contribution in [-0.2, 0) is 11.3 Å². The largest absolute Gasteiger partial charge is 0.351 e. The van der Waals surface area contributed by atoms with Gasteiger partial charge in [0, 0.05) is 19.2 Å². The monoisotopic (exact) mass is 345 g/mol. The average molecular weight is 345 g/mol. The number of nitrogens with one attached hydrogen (secondary N) is 2. The Morgan fingerprint density at radius 1 is 1.48 bits per heavy atom. The van der Waals surface area contributed by atoms with Crippen molar-refractivity contribution in [2.45, 2.75) is 13.5 Å². The van der Waals surface area contributed by atoms with Crippen molar-refractivity contribution in [2.75, 3.05) is 6.54 Å². The van der Waals surface area contributed by atoms with Crippen molar-refractivity contribution in [2.24, 2.45) is 0 Å². The topological polar surface area (TPSA) is 75.6 Å². The molecule has 2 N–H and O–H groups in total. The minimum Gasteiger partial charge on any atom is -0.351 e. The Hall–Kier alpha value is -2.32. The van der Waals surface area contributed by atoms with Gasteiger partial charge in [-0.15, -0.1) is 11.3 Å². The van der Waals surface area contributed by atoms with E-state index in [-0.39, 0.29) is 5.91 Å². The first kappa shape index (κ1) is 15.6. The van der Waals surface area contributed by atoms with Gasteiger partial charge in [0.15, 0.2) is 4.77 Å². The van der Waals surface area contributed by atoms with Crippen LogP contribution in [0.5, 0.6) is 0 Å². The Morgan fingerprint density at radius 3 is 3.04 bits per heavy atom. The predicted molar refractivity (Wildman–Crippen MR) is 93.8 cm³/mol. The molecule has 23 heavy (non-hydrogen) atoms. The van der Waals surface area contributed by atoms with E-state index in [0.717, 1.165) is 21.0 Å². The number of rotatable bonds is 5. The van der Waals surface area contributed by atoms with Gasteiger partial charge in [-0.1, -0.05) is 12.1 Å². The van der Waals surface area contributed by atoms with Gasteiger partial charge >= 0.3 is 0 Å². The lowest BCUT2D eigenvalue weighted by Gasteiger charge is -2.04. The van der Waals surface area contributed by atoms with Gasteiger partial charge < -0.3 is 9.88 Å². The van der Waals surface area contributed by atoms with Gasteiger partial charge in [-0.3, -0.25) is 9.89 Å². The zero-order valence-electron chi connectivity index (χ0n) is 12.4. The number of hydrogen-bond acceptors (Lipinski definition) is 5. The summed E-state index contributed by atoms with van der Waals surface area (Å²) >= 11 is 6.67. The molecule has 2 heterocycles. The number of benzene rings is 1. The summed E-state index contributed by atoms with van der Waals surface area (Å²) in [5.74, 6) is 0.645. The Balaban J connectivity index is 1.55. The molecule has 2 aromatic heterocycles. The number of carbonyl (C=O) groups is 1. The Labute approximate surface area is 141 Å². The van der Waals surface area contributed by atoms with Crippen molar-refractivity contribution in [3.8, 4) is 0 Å². The van der Waals surface area contributed by atoms with Crippen LogP contribution in [0.25, 0.3) is 16.3 Å². The van der Waals surface area contributed by atoms with Crippen LogP contribution < -0.4 is 5.32 Å². The van der Waals surface area contributed by atoms with Crippen molar-refractivity contribution in [1.82, 2.24) is 25.1 Å². The molecule has 0 saturated carbocycles. The molecule has 0 unspecified atom stereocenters. The zero-order valence-corrected chi connectivity index (χ0v) is 14.1. The van der Waals surface area contributed by atoms with Crippen molar-refractivity contribution in [3.05, 3.63) is 45.9 Å². The van der Waals surface area contributed by atoms with E-state index in [1.165, 1.54) is 6.08 Å². The molecule has 0 atom stereocenters. The van der Waals surface area contributed by atoms with E-state index in [1.54, 1.807) is 17.4 Å². The third kappa shape index (κ3) is 3.72. The summed E-state index contributed by atoms with van der Waals surface area (Å²) < 4.78 is 3.51. The molecule has 0 aliphatic carbocycles. The zero-order chi connectivity index (χ0) is 16.2. The highest BCUT2D eigenvalue weighted by atomic mass is 32.1. The molecule has 3 aromatic rings. The maximum atomic E-state index is 11.9. The molecule has 1 amide bonds. The van der Waals surface area contributed by atoms with Crippen LogP contribution in [0.15, 0.2) is 30.3 Å². The summed E-state index contributed by atoms with van der Waals surface area (Å²) in [7, 11) is 0. The van der Waals surface area contributed by atoms with Crippen LogP contribution in [0.4, 0.5) is 0 Å². The number of aryl methyl sites for hydroxylation is 1. The number of aromatic nitrogens is 4. The maximum Gasteiger partial charge on any atom is 0.244 e. The second-order valence-corrected chi connectivity index (χ2v) is 6.32. The van der Waals surface area contributed by atoms with Crippen LogP contribution in [0.3, 0.4) is 0 Å². The van der Waals surface area contributed by atoms with E-state index < -0.39 is 0 Å². The van der Waals surface area contributed by atoms with E-state index in [1.807, 2.05) is 35.8 Å². The maximum absolute atomic E-state index is 11.9. The lowest BCUT2D eigenvalue weighted by Crippen LogP contribution is -2.25. The number of carbonyl (C=O) groups excluding carboxylic acids is 1. The molecule has 6 nitrogen and oxygen atoms in total. The summed E-state index contributed by atoms with van der Waals surface area (Å²) in [5, 5.41) is 10.4. The normalized spacial score (nSPS) is 11.3. The van der Waals surface area contributed by atoms with Gasteiger partial charge in [-0.05, 0) is 37.4 Å². The summed E-state index contributed by atoms with van der Waals surface area (Å²) in [6, 6.07) is 7.90. The van der Waals surface area contributed by atoms with Crippen LogP contribution in [0.2, 0.25) is 0 Å². The molecular formula is C15H15N5OS2. The van der Waals surface area contributed by atoms with Gasteiger partial charge in [-0.25, -0.2) is 4.98 Å². The van der Waals surface area contributed by atoms with Gasteiger partial charge in [0.05, 0.1) is 10.2 Å². The van der Waals surface area contributed by atoms with Gasteiger partial charge in [0.2, 0.25) is 5.91 Å². The highest BCUT2D eigenvalue weighted by Crippen LogP contribution is 2.22. The second-order valence-electron chi connectivity index (χ2n) is 4.87. The van der Waals surface area contributed by atoms with Gasteiger partial charge in [0.1, 0.15) is 10.8 Å². The number of aromatic amines is 1. The lowest BCUT2D eigenvalue weighted by atomic mass is 10.3. The smallest absolute Gasteiger partial charge is 0.244 e. The van der Waals surface area contributed by atoms with Gasteiger partial charge in [-0.2, -0.15) is 5.10 Å². The second kappa shape index (κ2) is 6.84. The molecule has 0 saturated heterocycles. The summed E-state index contributed by atoms with van der Waals surface area (Å²) in [6.45, 7) is 2.93. The summed E-state index contributed by atoms with van der Waals surface area (Å²) in [5.41, 5.74) is 0.947. The molecule has 0 aliphatic rings. The highest BCUT2D eigenvalue weighted by Gasteiger charge is 2.03. The van der Waals surface area contributed by atoms with E-state index >= 15 is 0 Å². The first-order valence-electron chi connectivity index (χ1n) is 7.07. The average Bonchev–Trinajstić information content (AvgIpc) is 3.10. The number of fused-ring (bicyclic) bond motifs is 1. The molecule has 0 fully saturated rings. The van der Waals surface area contributed by atoms with E-state index in [0.29, 0.717) is 17.9 Å². The number of thiazole rings is 1. The highest BCUT2D eigenvalue weighted by molar-refractivity contribution is 7.71. The molecule has 118 valence electrons. The van der Waals surface area contributed by atoms with Crippen LogP contribution in [-0.4, -0.2) is 32.2 Å². The fourth-order valence-electron chi connectivity index (χ4n) is 2.12. The quantitative estimate of drug-likeness (QED) is 0.551. The van der Waals surface area contributed by atoms with Crippen LogP contribution in [0.1, 0.15) is 10.8 Å². The molecule has 1 aromatic carbocycles. The number of nitrogens with zero attached hydrogens (tertiary/aromatic N) is 3. The minimum absolute atomic E-state index is 0.156. The fourth-order valence-corrected chi connectivity index (χ4v) is 3.26. The standard InChI is InChI=1S/C15H15N5OS2/c1-10-18-19-15(22)20(10)9-8-16-13(21)6-7-14-17-11-4-2-3-5-12(11)23-14/h2-7H,8-9H2,1H3,(H,16,21)(H,19,22)/b7-6-. The Bertz CT molecular complexity index is 888. The fraction of sp³-hybridized carbons (Fsp3) is 0.200. The minimum atomic E-state index is -0.156. The van der Waals surface area contributed by atoms with Crippen molar-refractivity contribution < 1.29 is 4.79 Å². The lowest BCUT2D eigenvalue weighted by molar-refractivity contribution is -0.116. The van der Waals surface area contributed by atoms with Crippen molar-refractivity contribution in [3.63, 3.8) is 0 Å².